The molecule has 0 saturated heterocycles. The first-order chi connectivity index (χ1) is 12.9. The van der Waals surface area contributed by atoms with Gasteiger partial charge in [0.25, 0.3) is 5.91 Å². The third-order valence-electron chi connectivity index (χ3n) is 4.07. The number of hydrogen-bond acceptors (Lipinski definition) is 2. The maximum Gasteiger partial charge on any atom is 0.261 e. The van der Waals surface area contributed by atoms with Crippen LogP contribution < -0.4 is 5.32 Å². The molecule has 1 N–H and O–H groups in total. The molecule has 1 aromatic heterocycles. The molecule has 1 amide bonds. The molecule has 0 spiro atoms. The Morgan fingerprint density at radius 2 is 1.33 bits per heavy atom. The maximum absolute atomic E-state index is 13.7. The van der Waals surface area contributed by atoms with E-state index >= 15 is 0 Å². The fraction of sp³-hybridized carbons (Fsp3) is 0. The van der Waals surface area contributed by atoms with E-state index in [0.29, 0.717) is 11.2 Å². The Labute approximate surface area is 148 Å². The van der Waals surface area contributed by atoms with Crippen LogP contribution in [-0.2, 0) is 0 Å². The van der Waals surface area contributed by atoms with E-state index in [1.807, 2.05) is 12.1 Å². The molecule has 0 unspecified atom stereocenters. The fourth-order valence-corrected chi connectivity index (χ4v) is 2.80. The lowest BCUT2D eigenvalue weighted by atomic mass is 10.1. The number of anilines is 1. The van der Waals surface area contributed by atoms with Gasteiger partial charge >= 0.3 is 0 Å². The standard InChI is InChI=1S/C19H8F5NO2/c20-14-13(15(21)17(23)18(24)16(14)22)19(26)25-8-5-6-10-9-3-1-2-4-11(9)27-12(10)7-8/h1-7H,(H,25,26). The zero-order chi connectivity index (χ0) is 19.3. The van der Waals surface area contributed by atoms with Crippen LogP contribution in [0.25, 0.3) is 21.9 Å². The molecule has 0 atom stereocenters. The van der Waals surface area contributed by atoms with Crippen LogP contribution in [0.4, 0.5) is 27.6 Å². The number of hydrogen-bond donors (Lipinski definition) is 1. The summed E-state index contributed by atoms with van der Waals surface area (Å²) in [6.07, 6.45) is 0. The summed E-state index contributed by atoms with van der Waals surface area (Å²) in [5.41, 5.74) is -0.520. The van der Waals surface area contributed by atoms with Gasteiger partial charge < -0.3 is 9.73 Å². The van der Waals surface area contributed by atoms with Gasteiger partial charge in [0.05, 0.1) is 0 Å². The van der Waals surface area contributed by atoms with Crippen LogP contribution in [0.1, 0.15) is 10.4 Å². The molecular formula is C19H8F5NO2. The van der Waals surface area contributed by atoms with E-state index in [-0.39, 0.29) is 5.69 Å². The normalized spacial score (nSPS) is 11.3. The molecule has 0 fully saturated rings. The topological polar surface area (TPSA) is 42.2 Å². The Kier molecular flexibility index (Phi) is 3.83. The highest BCUT2D eigenvalue weighted by molar-refractivity contribution is 6.08. The second kappa shape index (κ2) is 6.08. The first kappa shape index (κ1) is 17.0. The number of halogens is 5. The average molecular weight is 377 g/mol. The van der Waals surface area contributed by atoms with Crippen molar-refractivity contribution in [3.63, 3.8) is 0 Å². The van der Waals surface area contributed by atoms with Crippen LogP contribution in [0.15, 0.2) is 46.9 Å². The molecule has 0 bridgehead atoms. The Bertz CT molecular complexity index is 1200. The smallest absolute Gasteiger partial charge is 0.261 e. The molecular weight excluding hydrogens is 369 g/mol. The van der Waals surface area contributed by atoms with Crippen LogP contribution in [0, 0.1) is 29.1 Å². The summed E-state index contributed by atoms with van der Waals surface area (Å²) in [7, 11) is 0. The van der Waals surface area contributed by atoms with Crippen molar-refractivity contribution >= 4 is 33.5 Å². The number of carbonyl (C=O) groups is 1. The van der Waals surface area contributed by atoms with E-state index in [1.54, 1.807) is 18.2 Å². The van der Waals surface area contributed by atoms with Gasteiger partial charge in [0, 0.05) is 22.5 Å². The van der Waals surface area contributed by atoms with Crippen molar-refractivity contribution in [1.82, 2.24) is 0 Å². The number of benzene rings is 3. The van der Waals surface area contributed by atoms with Crippen molar-refractivity contribution in [3.8, 4) is 0 Å². The first-order valence-corrected chi connectivity index (χ1v) is 7.62. The van der Waals surface area contributed by atoms with E-state index in [1.165, 1.54) is 12.1 Å². The molecule has 136 valence electrons. The second-order valence-corrected chi connectivity index (χ2v) is 5.71. The van der Waals surface area contributed by atoms with E-state index in [9.17, 15) is 26.7 Å². The first-order valence-electron chi connectivity index (χ1n) is 7.62. The maximum atomic E-state index is 13.7. The van der Waals surface area contributed by atoms with Crippen LogP contribution in [-0.4, -0.2) is 5.91 Å². The molecule has 0 radical (unpaired) electrons. The number of fused-ring (bicyclic) bond motifs is 3. The van der Waals surface area contributed by atoms with Gasteiger partial charge in [0.2, 0.25) is 5.82 Å². The van der Waals surface area contributed by atoms with E-state index < -0.39 is 40.6 Å². The molecule has 3 aromatic carbocycles. The van der Waals surface area contributed by atoms with Crippen molar-refractivity contribution in [2.45, 2.75) is 0 Å². The third-order valence-corrected chi connectivity index (χ3v) is 4.07. The molecule has 4 rings (SSSR count). The molecule has 0 aliphatic rings. The van der Waals surface area contributed by atoms with Crippen LogP contribution in [0.5, 0.6) is 0 Å². The van der Waals surface area contributed by atoms with Gasteiger partial charge in [-0.25, -0.2) is 22.0 Å². The average Bonchev–Trinajstić information content (AvgIpc) is 3.02. The van der Waals surface area contributed by atoms with E-state index in [4.69, 9.17) is 4.42 Å². The lowest BCUT2D eigenvalue weighted by molar-refractivity contribution is 0.101. The van der Waals surface area contributed by atoms with Crippen LogP contribution in [0.3, 0.4) is 0 Å². The molecule has 1 heterocycles. The largest absolute Gasteiger partial charge is 0.456 e. The Morgan fingerprint density at radius 1 is 0.741 bits per heavy atom. The lowest BCUT2D eigenvalue weighted by Gasteiger charge is -2.09. The van der Waals surface area contributed by atoms with Crippen LogP contribution >= 0.6 is 0 Å². The third kappa shape index (κ3) is 2.61. The minimum Gasteiger partial charge on any atom is -0.456 e. The molecule has 4 aromatic rings. The molecule has 0 saturated carbocycles. The van der Waals surface area contributed by atoms with Crippen LogP contribution in [0.2, 0.25) is 0 Å². The summed E-state index contributed by atoms with van der Waals surface area (Å²) in [6.45, 7) is 0. The molecule has 27 heavy (non-hydrogen) atoms. The minimum absolute atomic E-state index is 0.0653. The zero-order valence-corrected chi connectivity index (χ0v) is 13.2. The van der Waals surface area contributed by atoms with Gasteiger partial charge in [0.1, 0.15) is 16.7 Å². The van der Waals surface area contributed by atoms with E-state index in [2.05, 4.69) is 5.32 Å². The van der Waals surface area contributed by atoms with Gasteiger partial charge in [-0.2, -0.15) is 0 Å². The van der Waals surface area contributed by atoms with Crippen molar-refractivity contribution in [2.24, 2.45) is 0 Å². The summed E-state index contributed by atoms with van der Waals surface area (Å²) in [6, 6.07) is 11.6. The molecule has 0 aliphatic heterocycles. The number of amides is 1. The van der Waals surface area contributed by atoms with Crippen molar-refractivity contribution in [1.29, 1.82) is 0 Å². The number of carbonyl (C=O) groups excluding carboxylic acids is 1. The summed E-state index contributed by atoms with van der Waals surface area (Å²) in [4.78, 5) is 12.1. The summed E-state index contributed by atoms with van der Waals surface area (Å²) < 4.78 is 72.7. The molecule has 0 aliphatic carbocycles. The SMILES string of the molecule is O=C(Nc1ccc2c(c1)oc1ccccc12)c1c(F)c(F)c(F)c(F)c1F. The monoisotopic (exact) mass is 377 g/mol. The molecule has 8 heteroatoms. The lowest BCUT2D eigenvalue weighted by Crippen LogP contribution is -2.19. The van der Waals surface area contributed by atoms with Crippen molar-refractivity contribution in [3.05, 3.63) is 77.1 Å². The predicted octanol–water partition coefficient (Wildman–Crippen LogP) is 5.53. The number of para-hydroxylation sites is 1. The summed E-state index contributed by atoms with van der Waals surface area (Å²) in [5, 5.41) is 3.68. The highest BCUT2D eigenvalue weighted by Gasteiger charge is 2.29. The number of furan rings is 1. The quantitative estimate of drug-likeness (QED) is 0.283. The summed E-state index contributed by atoms with van der Waals surface area (Å²) in [5.74, 6) is -12.6. The predicted molar refractivity (Wildman–Crippen MR) is 87.9 cm³/mol. The minimum atomic E-state index is -2.33. The highest BCUT2D eigenvalue weighted by Crippen LogP contribution is 2.31. The Morgan fingerprint density at radius 3 is 2.04 bits per heavy atom. The highest BCUT2D eigenvalue weighted by atomic mass is 19.2. The van der Waals surface area contributed by atoms with Gasteiger partial charge in [-0.1, -0.05) is 18.2 Å². The number of nitrogens with one attached hydrogen (secondary N) is 1. The van der Waals surface area contributed by atoms with E-state index in [0.717, 1.165) is 10.8 Å². The summed E-state index contributed by atoms with van der Waals surface area (Å²) >= 11 is 0. The fourth-order valence-electron chi connectivity index (χ4n) is 2.80. The van der Waals surface area contributed by atoms with Crippen molar-refractivity contribution in [2.75, 3.05) is 5.32 Å². The van der Waals surface area contributed by atoms with Gasteiger partial charge in [-0.15, -0.1) is 0 Å². The zero-order valence-electron chi connectivity index (χ0n) is 13.2. The number of rotatable bonds is 2. The van der Waals surface area contributed by atoms with Crippen molar-refractivity contribution < 1.29 is 31.2 Å². The Balaban J connectivity index is 1.74. The Hall–Kier alpha value is -3.42. The van der Waals surface area contributed by atoms with Gasteiger partial charge in [-0.3, -0.25) is 4.79 Å². The molecule has 3 nitrogen and oxygen atoms in total. The second-order valence-electron chi connectivity index (χ2n) is 5.71. The van der Waals surface area contributed by atoms with Gasteiger partial charge in [-0.05, 0) is 18.2 Å². The van der Waals surface area contributed by atoms with Gasteiger partial charge in [0.15, 0.2) is 23.3 Å².